The van der Waals surface area contributed by atoms with Crippen molar-refractivity contribution in [2.24, 2.45) is 0 Å². The second-order valence-electron chi connectivity index (χ2n) is 8.99. The van der Waals surface area contributed by atoms with E-state index in [2.05, 4.69) is 21.9 Å². The van der Waals surface area contributed by atoms with Crippen LogP contribution in [0, 0.1) is 10.1 Å². The van der Waals surface area contributed by atoms with Gasteiger partial charge in [-0.3, -0.25) is 19.8 Å². The summed E-state index contributed by atoms with van der Waals surface area (Å²) in [5, 5.41) is 51.8. The van der Waals surface area contributed by atoms with Crippen LogP contribution in [0.2, 0.25) is 0 Å². The van der Waals surface area contributed by atoms with Gasteiger partial charge in [-0.05, 0) is 24.6 Å². The maximum Gasteiger partial charge on any atom is 0.328 e. The minimum atomic E-state index is -1.26. The van der Waals surface area contributed by atoms with Crippen LogP contribution in [0.4, 0.5) is 17.1 Å². The van der Waals surface area contributed by atoms with Gasteiger partial charge in [-0.25, -0.2) is 19.2 Å². The molecule has 0 radical (unpaired) electrons. The van der Waals surface area contributed by atoms with E-state index in [4.69, 9.17) is 20.4 Å². The van der Waals surface area contributed by atoms with Crippen molar-refractivity contribution in [3.8, 4) is 0 Å². The molecule has 1 aliphatic rings. The van der Waals surface area contributed by atoms with Crippen LogP contribution >= 0.6 is 0 Å². The van der Waals surface area contributed by atoms with Crippen molar-refractivity contribution in [1.82, 2.24) is 4.90 Å². The molecule has 0 saturated carbocycles. The third-order valence-corrected chi connectivity index (χ3v) is 5.80. The van der Waals surface area contributed by atoms with Gasteiger partial charge in [-0.15, -0.1) is 0 Å². The lowest BCUT2D eigenvalue weighted by Crippen LogP contribution is -2.50. The first kappa shape index (κ1) is 37.4. The zero-order chi connectivity index (χ0) is 33.8. The maximum absolute atomic E-state index is 13.0. The van der Waals surface area contributed by atoms with Gasteiger partial charge in [-0.1, -0.05) is 30.3 Å². The Morgan fingerprint density at radius 2 is 1.22 bits per heavy atom. The summed E-state index contributed by atoms with van der Waals surface area (Å²) in [6, 6.07) is 16.4. The van der Waals surface area contributed by atoms with Crippen LogP contribution in [-0.4, -0.2) is 111 Å². The van der Waals surface area contributed by atoms with Crippen LogP contribution in [0.1, 0.15) is 6.42 Å². The topological polar surface area (TPSA) is 239 Å². The number of anilines is 2. The number of para-hydroxylation sites is 3. The zero-order valence-electron chi connectivity index (χ0n) is 24.0. The van der Waals surface area contributed by atoms with Crippen LogP contribution in [-0.2, 0) is 24.0 Å². The number of piperazine rings is 1. The van der Waals surface area contributed by atoms with Crippen LogP contribution in [0.25, 0.3) is 0 Å². The Morgan fingerprint density at radius 3 is 1.67 bits per heavy atom. The molecule has 0 atom stereocenters. The first-order valence-corrected chi connectivity index (χ1v) is 13.3. The highest BCUT2D eigenvalue weighted by Gasteiger charge is 2.26. The third-order valence-electron chi connectivity index (χ3n) is 5.80. The number of rotatable bonds is 12. The lowest BCUT2D eigenvalue weighted by Gasteiger charge is -2.36. The molecule has 5 N–H and O–H groups in total. The van der Waals surface area contributed by atoms with E-state index < -0.39 is 28.8 Å². The standard InChI is InChI=1S/C21H26N4O4.2C4H4O4/c26-16-6-11-24(19-9-4-5-10-20(19)25(28)29)21(27)17-22-12-14-23(15-13-22)18-7-2-1-3-8-18;2*5-3(6)1-2-4(7)8/h1-5,7-10,26H,6,11-17H2;2*1-2H,(H,5,6)(H,7,8)/b;2*2-1+. The van der Waals surface area contributed by atoms with Crippen molar-refractivity contribution in [1.29, 1.82) is 0 Å². The first-order chi connectivity index (χ1) is 21.3. The van der Waals surface area contributed by atoms with Crippen molar-refractivity contribution in [2.75, 3.05) is 55.7 Å². The minimum absolute atomic E-state index is 0.0832. The number of nitro groups is 1. The fraction of sp³-hybridized carbons (Fsp3) is 0.276. The molecule has 16 heteroatoms. The Morgan fingerprint density at radius 1 is 0.756 bits per heavy atom. The average Bonchev–Trinajstić information content (AvgIpc) is 3.01. The molecule has 1 heterocycles. The summed E-state index contributed by atoms with van der Waals surface area (Å²) in [4.78, 5) is 67.9. The fourth-order valence-corrected chi connectivity index (χ4v) is 3.82. The normalized spacial score (nSPS) is 12.8. The molecule has 1 aliphatic heterocycles. The number of benzene rings is 2. The van der Waals surface area contributed by atoms with Gasteiger partial charge in [0.25, 0.3) is 5.69 Å². The van der Waals surface area contributed by atoms with Gasteiger partial charge in [0.05, 0.1) is 11.5 Å². The van der Waals surface area contributed by atoms with E-state index in [1.807, 2.05) is 18.2 Å². The molecule has 1 saturated heterocycles. The van der Waals surface area contributed by atoms with Gasteiger partial charge in [0, 0.05) is 75.4 Å². The summed E-state index contributed by atoms with van der Waals surface area (Å²) in [7, 11) is 0. The summed E-state index contributed by atoms with van der Waals surface area (Å²) in [5.41, 5.74) is 1.34. The van der Waals surface area contributed by atoms with E-state index in [0.29, 0.717) is 30.7 Å². The number of aliphatic hydroxyl groups is 1. The molecule has 1 amide bonds. The van der Waals surface area contributed by atoms with Crippen molar-refractivity contribution in [3.05, 3.63) is 89.0 Å². The van der Waals surface area contributed by atoms with Crippen LogP contribution in [0.15, 0.2) is 78.9 Å². The summed E-state index contributed by atoms with van der Waals surface area (Å²) in [5.74, 6) is -5.22. The molecule has 0 aliphatic carbocycles. The average molecular weight is 631 g/mol. The quantitative estimate of drug-likeness (QED) is 0.127. The van der Waals surface area contributed by atoms with Crippen molar-refractivity contribution < 1.29 is 54.4 Å². The predicted molar refractivity (Wildman–Crippen MR) is 161 cm³/mol. The first-order valence-electron chi connectivity index (χ1n) is 13.3. The third kappa shape index (κ3) is 15.4. The molecule has 45 heavy (non-hydrogen) atoms. The molecular weight excluding hydrogens is 596 g/mol. The number of aliphatic carboxylic acids is 4. The van der Waals surface area contributed by atoms with Gasteiger partial charge in [0.1, 0.15) is 5.69 Å². The lowest BCUT2D eigenvalue weighted by molar-refractivity contribution is -0.384. The number of carboxylic acid groups (broad SMARTS) is 4. The molecule has 1 fully saturated rings. The fourth-order valence-electron chi connectivity index (χ4n) is 3.82. The van der Waals surface area contributed by atoms with E-state index >= 15 is 0 Å². The van der Waals surface area contributed by atoms with E-state index in [1.54, 1.807) is 18.2 Å². The maximum atomic E-state index is 13.0. The number of amides is 1. The van der Waals surface area contributed by atoms with Gasteiger partial charge in [0.15, 0.2) is 0 Å². The van der Waals surface area contributed by atoms with Crippen LogP contribution < -0.4 is 9.80 Å². The highest BCUT2D eigenvalue weighted by atomic mass is 16.6. The number of carboxylic acids is 4. The minimum Gasteiger partial charge on any atom is -0.478 e. The number of aliphatic hydroxyl groups excluding tert-OH is 1. The molecule has 0 aromatic heterocycles. The van der Waals surface area contributed by atoms with E-state index in [-0.39, 0.29) is 37.0 Å². The second kappa shape index (κ2) is 20.3. The predicted octanol–water partition coefficient (Wildman–Crippen LogP) is 1.56. The highest BCUT2D eigenvalue weighted by molar-refractivity contribution is 5.97. The number of nitrogens with zero attached hydrogens (tertiary/aromatic N) is 4. The Hall–Kier alpha value is -5.61. The van der Waals surface area contributed by atoms with E-state index in [1.165, 1.54) is 16.7 Å². The molecule has 0 unspecified atom stereocenters. The zero-order valence-corrected chi connectivity index (χ0v) is 24.0. The molecular formula is C29H34N4O12. The van der Waals surface area contributed by atoms with Gasteiger partial charge >= 0.3 is 23.9 Å². The van der Waals surface area contributed by atoms with Crippen molar-refractivity contribution >= 4 is 46.8 Å². The summed E-state index contributed by atoms with van der Waals surface area (Å²) in [6.07, 6.45) is 2.59. The number of nitro benzene ring substituents is 1. The van der Waals surface area contributed by atoms with E-state index in [0.717, 1.165) is 26.2 Å². The van der Waals surface area contributed by atoms with Gasteiger partial charge in [0.2, 0.25) is 5.91 Å². The molecule has 2 aromatic carbocycles. The number of hydrogen-bond acceptors (Lipinski definition) is 10. The van der Waals surface area contributed by atoms with Crippen molar-refractivity contribution in [3.63, 3.8) is 0 Å². The molecule has 242 valence electrons. The number of carbonyl (C=O) groups excluding carboxylic acids is 1. The monoisotopic (exact) mass is 630 g/mol. The molecule has 0 spiro atoms. The lowest BCUT2D eigenvalue weighted by atomic mass is 10.2. The van der Waals surface area contributed by atoms with E-state index in [9.17, 15) is 39.2 Å². The summed E-state index contributed by atoms with van der Waals surface area (Å²) < 4.78 is 0. The number of hydrogen-bond donors (Lipinski definition) is 5. The Bertz CT molecular complexity index is 1290. The number of carbonyl (C=O) groups is 5. The second-order valence-corrected chi connectivity index (χ2v) is 8.99. The molecule has 0 bridgehead atoms. The SMILES string of the molecule is O=C(CN1CCN(c2ccccc2)CC1)N(CCCO)c1ccccc1[N+](=O)[O-].O=C(O)/C=C/C(=O)O.O=C(O)/C=C/C(=O)O. The van der Waals surface area contributed by atoms with Gasteiger partial charge < -0.3 is 35.3 Å². The molecule has 16 nitrogen and oxygen atoms in total. The Labute approximate surface area is 257 Å². The van der Waals surface area contributed by atoms with Gasteiger partial charge in [-0.2, -0.15) is 0 Å². The Balaban J connectivity index is 0.000000521. The smallest absolute Gasteiger partial charge is 0.328 e. The van der Waals surface area contributed by atoms with Crippen LogP contribution in [0.5, 0.6) is 0 Å². The highest BCUT2D eigenvalue weighted by Crippen LogP contribution is 2.28. The molecule has 3 rings (SSSR count). The largest absolute Gasteiger partial charge is 0.478 e. The summed E-state index contributed by atoms with van der Waals surface area (Å²) >= 11 is 0. The van der Waals surface area contributed by atoms with Crippen LogP contribution in [0.3, 0.4) is 0 Å². The Kier molecular flexibility index (Phi) is 16.9. The summed E-state index contributed by atoms with van der Waals surface area (Å²) in [6.45, 7) is 3.47. The molecule has 2 aromatic rings. The van der Waals surface area contributed by atoms with Crippen molar-refractivity contribution in [2.45, 2.75) is 6.42 Å².